The number of hydrogen-bond acceptors (Lipinski definition) is 5. The van der Waals surface area contributed by atoms with Crippen molar-refractivity contribution in [3.63, 3.8) is 0 Å². The lowest BCUT2D eigenvalue weighted by molar-refractivity contribution is 0.585. The third-order valence-corrected chi connectivity index (χ3v) is 4.82. The highest BCUT2D eigenvalue weighted by Gasteiger charge is 2.29. The highest BCUT2D eigenvalue weighted by atomic mass is 15.4. The van der Waals surface area contributed by atoms with Crippen LogP contribution in [0.15, 0.2) is 42.7 Å². The lowest BCUT2D eigenvalue weighted by Crippen LogP contribution is -2.10. The second kappa shape index (κ2) is 6.01. The van der Waals surface area contributed by atoms with Gasteiger partial charge in [0.15, 0.2) is 5.82 Å². The first kappa shape index (κ1) is 15.2. The van der Waals surface area contributed by atoms with E-state index >= 15 is 0 Å². The third kappa shape index (κ3) is 2.65. The van der Waals surface area contributed by atoms with Gasteiger partial charge in [-0.05, 0) is 43.5 Å². The molecule has 4 aromatic rings. The first-order valence-corrected chi connectivity index (χ1v) is 8.94. The summed E-state index contributed by atoms with van der Waals surface area (Å²) in [4.78, 5) is 9.03. The summed E-state index contributed by atoms with van der Waals surface area (Å²) in [5.41, 5.74) is 4.09. The Morgan fingerprint density at radius 3 is 2.88 bits per heavy atom. The Balaban J connectivity index is 1.49. The van der Waals surface area contributed by atoms with Crippen LogP contribution >= 0.6 is 0 Å². The summed E-state index contributed by atoms with van der Waals surface area (Å²) >= 11 is 0. The molecule has 0 unspecified atom stereocenters. The first-order chi connectivity index (χ1) is 12.8. The Kier molecular flexibility index (Phi) is 3.51. The zero-order valence-corrected chi connectivity index (χ0v) is 14.6. The fourth-order valence-corrected chi connectivity index (χ4v) is 3.22. The highest BCUT2D eigenvalue weighted by molar-refractivity contribution is 5.73. The summed E-state index contributed by atoms with van der Waals surface area (Å²) in [6, 6.07) is 10.0. The monoisotopic (exact) mass is 345 g/mol. The van der Waals surface area contributed by atoms with E-state index in [1.807, 2.05) is 45.9 Å². The molecule has 0 bridgehead atoms. The first-order valence-electron chi connectivity index (χ1n) is 8.94. The smallest absolute Gasteiger partial charge is 0.154 e. The van der Waals surface area contributed by atoms with Gasteiger partial charge in [0.1, 0.15) is 11.3 Å². The Hall–Kier alpha value is -3.09. The van der Waals surface area contributed by atoms with E-state index in [1.165, 1.54) is 12.8 Å². The minimum Gasteiger partial charge on any atom is -0.264 e. The van der Waals surface area contributed by atoms with Crippen LogP contribution in [-0.2, 0) is 13.0 Å². The van der Waals surface area contributed by atoms with Gasteiger partial charge in [0.05, 0.1) is 17.7 Å². The number of fused-ring (bicyclic) bond motifs is 1. The van der Waals surface area contributed by atoms with Gasteiger partial charge in [-0.2, -0.15) is 5.10 Å². The van der Waals surface area contributed by atoms with Crippen molar-refractivity contribution in [2.45, 2.75) is 38.6 Å². The van der Waals surface area contributed by atoms with Gasteiger partial charge >= 0.3 is 0 Å². The van der Waals surface area contributed by atoms with Gasteiger partial charge in [0, 0.05) is 24.7 Å². The number of para-hydroxylation sites is 1. The van der Waals surface area contributed by atoms with E-state index in [4.69, 9.17) is 10.1 Å². The van der Waals surface area contributed by atoms with Crippen LogP contribution in [0.1, 0.15) is 36.0 Å². The van der Waals surface area contributed by atoms with E-state index < -0.39 is 0 Å². The number of aromatic nitrogens is 7. The van der Waals surface area contributed by atoms with E-state index in [9.17, 15) is 0 Å². The SMILES string of the molecule is Cc1cnccc1-n1nc(C2CC2)nc1CCn1nnc2ccccc21. The van der Waals surface area contributed by atoms with E-state index in [0.29, 0.717) is 12.5 Å². The predicted molar refractivity (Wildman–Crippen MR) is 97.1 cm³/mol. The Morgan fingerprint density at radius 1 is 1.15 bits per heavy atom. The van der Waals surface area contributed by atoms with Crippen molar-refractivity contribution < 1.29 is 0 Å². The average molecular weight is 345 g/mol. The molecule has 7 heteroatoms. The molecule has 5 rings (SSSR count). The van der Waals surface area contributed by atoms with Crippen molar-refractivity contribution >= 4 is 11.0 Å². The fourth-order valence-electron chi connectivity index (χ4n) is 3.22. The molecule has 0 amide bonds. The van der Waals surface area contributed by atoms with Crippen molar-refractivity contribution in [1.29, 1.82) is 0 Å². The molecule has 3 heterocycles. The predicted octanol–water partition coefficient (Wildman–Crippen LogP) is 2.84. The molecule has 26 heavy (non-hydrogen) atoms. The van der Waals surface area contributed by atoms with Crippen LogP contribution < -0.4 is 0 Å². The Bertz CT molecular complexity index is 1070. The van der Waals surface area contributed by atoms with Gasteiger partial charge in [-0.1, -0.05) is 17.3 Å². The average Bonchev–Trinajstić information content (AvgIpc) is 3.30. The van der Waals surface area contributed by atoms with Crippen LogP contribution in [0.25, 0.3) is 16.7 Å². The maximum atomic E-state index is 4.84. The van der Waals surface area contributed by atoms with E-state index in [0.717, 1.165) is 40.4 Å². The van der Waals surface area contributed by atoms with Crippen LogP contribution in [0.4, 0.5) is 0 Å². The summed E-state index contributed by atoms with van der Waals surface area (Å²) in [7, 11) is 0. The number of hydrogen-bond donors (Lipinski definition) is 0. The second-order valence-corrected chi connectivity index (χ2v) is 6.79. The number of aryl methyl sites for hydroxylation is 3. The molecular formula is C19H19N7. The number of pyridine rings is 1. The second-order valence-electron chi connectivity index (χ2n) is 6.79. The normalized spacial score (nSPS) is 14.2. The Labute approximate surface area is 150 Å². The molecule has 0 atom stereocenters. The maximum Gasteiger partial charge on any atom is 0.154 e. The Morgan fingerprint density at radius 2 is 2.04 bits per heavy atom. The summed E-state index contributed by atoms with van der Waals surface area (Å²) in [5, 5.41) is 13.3. The van der Waals surface area contributed by atoms with Crippen LogP contribution in [-0.4, -0.2) is 34.7 Å². The minimum absolute atomic E-state index is 0.518. The molecule has 1 aliphatic carbocycles. The number of nitrogens with zero attached hydrogens (tertiary/aromatic N) is 7. The number of rotatable bonds is 5. The van der Waals surface area contributed by atoms with Crippen molar-refractivity contribution in [2.24, 2.45) is 0 Å². The molecule has 0 aliphatic heterocycles. The van der Waals surface area contributed by atoms with E-state index in [2.05, 4.69) is 22.2 Å². The van der Waals surface area contributed by atoms with Gasteiger partial charge < -0.3 is 0 Å². The fraction of sp³-hybridized carbons (Fsp3) is 0.316. The van der Waals surface area contributed by atoms with Crippen molar-refractivity contribution in [3.8, 4) is 5.69 Å². The van der Waals surface area contributed by atoms with Crippen molar-refractivity contribution in [2.75, 3.05) is 0 Å². The van der Waals surface area contributed by atoms with Crippen LogP contribution in [0.2, 0.25) is 0 Å². The molecule has 1 aromatic carbocycles. The van der Waals surface area contributed by atoms with E-state index in [1.54, 1.807) is 6.20 Å². The highest BCUT2D eigenvalue weighted by Crippen LogP contribution is 2.38. The molecular weight excluding hydrogens is 326 g/mol. The van der Waals surface area contributed by atoms with Crippen LogP contribution in [0.3, 0.4) is 0 Å². The summed E-state index contributed by atoms with van der Waals surface area (Å²) in [6.45, 7) is 2.77. The quantitative estimate of drug-likeness (QED) is 0.556. The van der Waals surface area contributed by atoms with Gasteiger partial charge in [0.2, 0.25) is 0 Å². The molecule has 1 fully saturated rings. The van der Waals surface area contributed by atoms with Crippen molar-refractivity contribution in [1.82, 2.24) is 34.7 Å². The topological polar surface area (TPSA) is 74.3 Å². The zero-order valence-electron chi connectivity index (χ0n) is 14.6. The van der Waals surface area contributed by atoms with Gasteiger partial charge in [-0.15, -0.1) is 5.10 Å². The summed E-state index contributed by atoms with van der Waals surface area (Å²) in [6.07, 6.45) is 6.78. The van der Waals surface area contributed by atoms with Crippen molar-refractivity contribution in [3.05, 3.63) is 59.9 Å². The molecule has 0 spiro atoms. The molecule has 1 aliphatic rings. The van der Waals surface area contributed by atoms with Crippen LogP contribution in [0, 0.1) is 6.92 Å². The minimum atomic E-state index is 0.518. The summed E-state index contributed by atoms with van der Waals surface area (Å²) < 4.78 is 3.91. The lowest BCUT2D eigenvalue weighted by Gasteiger charge is -2.08. The molecule has 130 valence electrons. The zero-order chi connectivity index (χ0) is 17.5. The lowest BCUT2D eigenvalue weighted by atomic mass is 10.2. The molecule has 0 radical (unpaired) electrons. The summed E-state index contributed by atoms with van der Waals surface area (Å²) in [5.74, 6) is 2.43. The van der Waals surface area contributed by atoms with E-state index in [-0.39, 0.29) is 0 Å². The largest absolute Gasteiger partial charge is 0.264 e. The molecule has 1 saturated carbocycles. The maximum absolute atomic E-state index is 4.84. The molecule has 0 saturated heterocycles. The van der Waals surface area contributed by atoms with Gasteiger partial charge in [-0.25, -0.2) is 14.3 Å². The van der Waals surface area contributed by atoms with Gasteiger partial charge in [-0.3, -0.25) is 4.98 Å². The standard InChI is InChI=1S/C19H19N7/c1-13-12-20-10-8-16(13)26-18(21-19(23-26)14-6-7-14)9-11-25-17-5-3-2-4-15(17)22-24-25/h2-5,8,10,12,14H,6-7,9,11H2,1H3. The molecule has 7 nitrogen and oxygen atoms in total. The molecule has 0 N–H and O–H groups in total. The molecule has 3 aromatic heterocycles. The van der Waals surface area contributed by atoms with Crippen LogP contribution in [0.5, 0.6) is 0 Å². The third-order valence-electron chi connectivity index (χ3n) is 4.82. The number of benzene rings is 1. The van der Waals surface area contributed by atoms with Gasteiger partial charge in [0.25, 0.3) is 0 Å².